The highest BCUT2D eigenvalue weighted by atomic mass is 16.5. The Balaban J connectivity index is 1.37. The van der Waals surface area contributed by atoms with E-state index in [1.807, 2.05) is 24.3 Å². The molecule has 2 atom stereocenters. The summed E-state index contributed by atoms with van der Waals surface area (Å²) in [5.74, 6) is 3.59. The molecule has 4 rings (SSSR count). The molecule has 1 aliphatic heterocycles. The maximum absolute atomic E-state index is 11.3. The van der Waals surface area contributed by atoms with Gasteiger partial charge in [0.15, 0.2) is 23.0 Å². The molecule has 0 radical (unpaired) electrons. The van der Waals surface area contributed by atoms with E-state index >= 15 is 0 Å². The standard InChI is InChI=1S/C28H40N2O6/c1-32-23-15-20-7-6-8-21(27(31)22(20)16-24(23)33-2)18-30-11-9-29(10-12-30)17-19-13-25(34-3)28(36-5)26(14-19)35-4/h13-16,21,27,31H,6-12,17-18H2,1-5H3. The SMILES string of the molecule is COc1cc2c(cc1OC)C(O)C(CN1CCN(Cc3cc(OC)c(OC)c(OC)c3)CC1)CCC2. The fourth-order valence-corrected chi connectivity index (χ4v) is 5.53. The molecule has 1 aliphatic carbocycles. The van der Waals surface area contributed by atoms with Gasteiger partial charge in [-0.05, 0) is 60.2 Å². The van der Waals surface area contributed by atoms with Crippen LogP contribution >= 0.6 is 0 Å². The first-order valence-electron chi connectivity index (χ1n) is 12.7. The second-order valence-corrected chi connectivity index (χ2v) is 9.61. The fourth-order valence-electron chi connectivity index (χ4n) is 5.53. The summed E-state index contributed by atoms with van der Waals surface area (Å²) in [5.41, 5.74) is 3.28. The normalized spacial score (nSPS) is 20.8. The molecule has 8 heteroatoms. The Hall–Kier alpha value is -2.68. The smallest absolute Gasteiger partial charge is 0.203 e. The fraction of sp³-hybridized carbons (Fsp3) is 0.571. The molecule has 0 aromatic heterocycles. The van der Waals surface area contributed by atoms with Gasteiger partial charge < -0.3 is 33.7 Å². The van der Waals surface area contributed by atoms with E-state index in [-0.39, 0.29) is 5.92 Å². The van der Waals surface area contributed by atoms with Crippen LogP contribution in [0, 0.1) is 5.92 Å². The van der Waals surface area contributed by atoms with Crippen molar-refractivity contribution in [1.82, 2.24) is 9.80 Å². The van der Waals surface area contributed by atoms with Gasteiger partial charge in [-0.1, -0.05) is 0 Å². The van der Waals surface area contributed by atoms with E-state index in [4.69, 9.17) is 23.7 Å². The molecule has 0 saturated carbocycles. The molecule has 1 N–H and O–H groups in total. The third kappa shape index (κ3) is 5.66. The van der Waals surface area contributed by atoms with Crippen molar-refractivity contribution in [2.45, 2.75) is 31.9 Å². The van der Waals surface area contributed by atoms with E-state index < -0.39 is 6.10 Å². The number of methoxy groups -OCH3 is 5. The number of rotatable bonds is 9. The van der Waals surface area contributed by atoms with Crippen molar-refractivity contribution in [1.29, 1.82) is 0 Å². The minimum Gasteiger partial charge on any atom is -0.493 e. The predicted octanol–water partition coefficient (Wildman–Crippen LogP) is 3.53. The van der Waals surface area contributed by atoms with Crippen LogP contribution < -0.4 is 23.7 Å². The number of benzene rings is 2. The molecule has 0 amide bonds. The van der Waals surface area contributed by atoms with Crippen molar-refractivity contribution in [3.05, 3.63) is 41.0 Å². The highest BCUT2D eigenvalue weighted by Gasteiger charge is 2.30. The molecule has 8 nitrogen and oxygen atoms in total. The number of fused-ring (bicyclic) bond motifs is 1. The van der Waals surface area contributed by atoms with E-state index in [0.717, 1.165) is 81.0 Å². The lowest BCUT2D eigenvalue weighted by molar-refractivity contribution is 0.0531. The number of hydrogen-bond donors (Lipinski definition) is 1. The lowest BCUT2D eigenvalue weighted by atomic mass is 9.92. The average Bonchev–Trinajstić information content (AvgIpc) is 3.06. The number of nitrogens with zero attached hydrogens (tertiary/aromatic N) is 2. The van der Waals surface area contributed by atoms with Crippen molar-refractivity contribution in [3.8, 4) is 28.7 Å². The van der Waals surface area contributed by atoms with Gasteiger partial charge in [0.1, 0.15) is 0 Å². The molecule has 1 heterocycles. The Labute approximate surface area is 214 Å². The Bertz CT molecular complexity index is 996. The van der Waals surface area contributed by atoms with Crippen LogP contribution in [0.15, 0.2) is 24.3 Å². The highest BCUT2D eigenvalue weighted by molar-refractivity contribution is 5.54. The summed E-state index contributed by atoms with van der Waals surface area (Å²) in [4.78, 5) is 4.94. The van der Waals surface area contributed by atoms with Gasteiger partial charge in [0.25, 0.3) is 0 Å². The van der Waals surface area contributed by atoms with Crippen molar-refractivity contribution in [2.24, 2.45) is 5.92 Å². The van der Waals surface area contributed by atoms with Gasteiger partial charge in [-0.25, -0.2) is 0 Å². The molecule has 198 valence electrons. The lowest BCUT2D eigenvalue weighted by Crippen LogP contribution is -2.47. The summed E-state index contributed by atoms with van der Waals surface area (Å²) in [6, 6.07) is 8.04. The second-order valence-electron chi connectivity index (χ2n) is 9.61. The van der Waals surface area contributed by atoms with Gasteiger partial charge in [0.05, 0.1) is 41.7 Å². The number of hydrogen-bond acceptors (Lipinski definition) is 8. The molecule has 2 unspecified atom stereocenters. The van der Waals surface area contributed by atoms with Crippen molar-refractivity contribution in [3.63, 3.8) is 0 Å². The van der Waals surface area contributed by atoms with Crippen LogP contribution in [0.25, 0.3) is 0 Å². The molecular formula is C28H40N2O6. The molecule has 2 aliphatic rings. The van der Waals surface area contributed by atoms with E-state index in [0.29, 0.717) is 23.0 Å². The van der Waals surface area contributed by atoms with Crippen molar-refractivity contribution in [2.75, 3.05) is 68.3 Å². The predicted molar refractivity (Wildman–Crippen MR) is 139 cm³/mol. The van der Waals surface area contributed by atoms with Gasteiger partial charge in [-0.2, -0.15) is 0 Å². The summed E-state index contributed by atoms with van der Waals surface area (Å²) in [5, 5.41) is 11.3. The zero-order chi connectivity index (χ0) is 25.7. The maximum Gasteiger partial charge on any atom is 0.203 e. The van der Waals surface area contributed by atoms with Gasteiger partial charge >= 0.3 is 0 Å². The van der Waals surface area contributed by atoms with Crippen molar-refractivity contribution < 1.29 is 28.8 Å². The Morgan fingerprint density at radius 3 is 1.92 bits per heavy atom. The summed E-state index contributed by atoms with van der Waals surface area (Å²) in [7, 11) is 8.21. The summed E-state index contributed by atoms with van der Waals surface area (Å²) >= 11 is 0. The van der Waals surface area contributed by atoms with Crippen LogP contribution in [-0.2, 0) is 13.0 Å². The van der Waals surface area contributed by atoms with E-state index in [9.17, 15) is 5.11 Å². The Kier molecular flexibility index (Phi) is 8.82. The van der Waals surface area contributed by atoms with E-state index in [1.165, 1.54) is 0 Å². The van der Waals surface area contributed by atoms with Gasteiger partial charge in [-0.15, -0.1) is 0 Å². The molecule has 1 saturated heterocycles. The van der Waals surface area contributed by atoms with Gasteiger partial charge in [0, 0.05) is 45.2 Å². The first-order valence-corrected chi connectivity index (χ1v) is 12.7. The zero-order valence-corrected chi connectivity index (χ0v) is 22.2. The van der Waals surface area contributed by atoms with Crippen LogP contribution in [0.1, 0.15) is 35.6 Å². The van der Waals surface area contributed by atoms with Crippen LogP contribution in [0.4, 0.5) is 0 Å². The summed E-state index contributed by atoms with van der Waals surface area (Å²) in [6.07, 6.45) is 2.52. The average molecular weight is 501 g/mol. The number of ether oxygens (including phenoxy) is 5. The molecular weight excluding hydrogens is 460 g/mol. The number of aliphatic hydroxyl groups is 1. The number of aliphatic hydroxyl groups excluding tert-OH is 1. The first-order chi connectivity index (χ1) is 17.5. The monoisotopic (exact) mass is 500 g/mol. The van der Waals surface area contributed by atoms with Gasteiger partial charge in [0.2, 0.25) is 5.75 Å². The molecule has 2 aromatic carbocycles. The van der Waals surface area contributed by atoms with E-state index in [1.54, 1.807) is 35.5 Å². The summed E-state index contributed by atoms with van der Waals surface area (Å²) in [6.45, 7) is 5.62. The lowest BCUT2D eigenvalue weighted by Gasteiger charge is -2.37. The van der Waals surface area contributed by atoms with Gasteiger partial charge in [-0.3, -0.25) is 4.90 Å². The number of piperazine rings is 1. The second kappa shape index (κ2) is 12.0. The van der Waals surface area contributed by atoms with Crippen LogP contribution in [0.5, 0.6) is 28.7 Å². The third-order valence-electron chi connectivity index (χ3n) is 7.52. The summed E-state index contributed by atoms with van der Waals surface area (Å²) < 4.78 is 27.5. The van der Waals surface area contributed by atoms with E-state index in [2.05, 4.69) is 9.80 Å². The molecule has 36 heavy (non-hydrogen) atoms. The van der Waals surface area contributed by atoms with Crippen LogP contribution in [-0.4, -0.2) is 83.2 Å². The third-order valence-corrected chi connectivity index (χ3v) is 7.52. The zero-order valence-electron chi connectivity index (χ0n) is 22.2. The molecule has 1 fully saturated rings. The minimum atomic E-state index is -0.500. The Morgan fingerprint density at radius 2 is 1.33 bits per heavy atom. The molecule has 0 spiro atoms. The Morgan fingerprint density at radius 1 is 0.750 bits per heavy atom. The highest BCUT2D eigenvalue weighted by Crippen LogP contribution is 2.40. The first kappa shape index (κ1) is 26.4. The molecule has 2 aromatic rings. The topological polar surface area (TPSA) is 72.9 Å². The van der Waals surface area contributed by atoms with Crippen LogP contribution in [0.2, 0.25) is 0 Å². The quantitative estimate of drug-likeness (QED) is 0.525. The number of aryl methyl sites for hydroxylation is 1. The maximum atomic E-state index is 11.3. The van der Waals surface area contributed by atoms with Crippen LogP contribution in [0.3, 0.4) is 0 Å². The van der Waals surface area contributed by atoms with Crippen molar-refractivity contribution >= 4 is 0 Å². The molecule has 0 bridgehead atoms. The largest absolute Gasteiger partial charge is 0.493 e. The minimum absolute atomic E-state index is 0.200.